The van der Waals surface area contributed by atoms with Crippen molar-refractivity contribution in [1.82, 2.24) is 0 Å². The molecule has 0 atom stereocenters. The second kappa shape index (κ2) is 20.2. The zero-order valence-electron chi connectivity index (χ0n) is 36.5. The number of aromatic nitrogens is 1. The summed E-state index contributed by atoms with van der Waals surface area (Å²) in [6, 6.07) is 3.17. The summed E-state index contributed by atoms with van der Waals surface area (Å²) in [4.78, 5) is 11.9. The molecule has 2 nitrogen and oxygen atoms in total. The summed E-state index contributed by atoms with van der Waals surface area (Å²) in [5.74, 6) is -0.359. The number of ketones is 1. The summed E-state index contributed by atoms with van der Waals surface area (Å²) in [5, 5.41) is 0. The van der Waals surface area contributed by atoms with Crippen molar-refractivity contribution in [1.29, 1.82) is 0 Å². The minimum atomic E-state index is -6.13. The molecule has 6 aromatic rings. The molecule has 0 aliphatic heterocycles. The van der Waals surface area contributed by atoms with E-state index in [1.807, 2.05) is 0 Å². The van der Waals surface area contributed by atoms with Gasteiger partial charge < -0.3 is 0 Å². The Kier molecular flexibility index (Phi) is 16.0. The predicted molar refractivity (Wildman–Crippen MR) is 212 cm³/mol. The van der Waals surface area contributed by atoms with Gasteiger partial charge in [0.05, 0.1) is 44.5 Å². The van der Waals surface area contributed by atoms with Crippen LogP contribution in [0.4, 0.5) is 119 Å². The van der Waals surface area contributed by atoms with Crippen LogP contribution in [0.15, 0.2) is 128 Å². The van der Waals surface area contributed by atoms with E-state index in [4.69, 9.17) is 0 Å². The zero-order valence-corrected chi connectivity index (χ0v) is 36.5. The fraction of sp³-hybridized carbons (Fsp3) is 0.217. The molecule has 30 heteroatoms. The van der Waals surface area contributed by atoms with Crippen LogP contribution in [0.5, 0.6) is 0 Å². The number of hydrogen-bond acceptors (Lipinski definition) is 1. The molecule has 0 amide bonds. The monoisotopic (exact) mass is 1130 g/mol. The molecule has 1 heterocycles. The maximum absolute atomic E-state index is 14.2. The van der Waals surface area contributed by atoms with Gasteiger partial charge in [-0.25, -0.2) is 0 Å². The molecule has 0 unspecified atom stereocenters. The van der Waals surface area contributed by atoms with Gasteiger partial charge in [0.25, 0.3) is 5.69 Å². The topological polar surface area (TPSA) is 20.9 Å². The Balaban J connectivity index is 0.000000468. The largest absolute Gasteiger partial charge is 0.477 e. The van der Waals surface area contributed by atoms with Gasteiger partial charge in [-0.3, -0.25) is 4.79 Å². The first-order chi connectivity index (χ1) is 34.2. The number of hydrogen-bond donors (Lipinski definition) is 0. The summed E-state index contributed by atoms with van der Waals surface area (Å²) in [6.07, 6.45) is -58.0. The molecule has 0 saturated heterocycles. The maximum Gasteiger partial charge on any atom is 0.477 e. The molecule has 76 heavy (non-hydrogen) atoms. The van der Waals surface area contributed by atoms with Gasteiger partial charge in [-0.15, -0.1) is 0 Å². The maximum atomic E-state index is 14.2. The van der Waals surface area contributed by atoms with E-state index in [-0.39, 0.29) is 12.3 Å². The highest BCUT2D eigenvalue weighted by Crippen LogP contribution is 2.41. The van der Waals surface area contributed by atoms with Crippen LogP contribution < -0.4 is 26.4 Å². The number of Topliss-reactive ketones (excluding diaryl/α,β-unsaturated/α-hetero) is 1. The van der Waals surface area contributed by atoms with Gasteiger partial charge in [0.1, 0.15) is 6.15 Å². The molecule has 0 bridgehead atoms. The average molecular weight is 1130 g/mol. The van der Waals surface area contributed by atoms with Crippen molar-refractivity contribution >= 4 is 33.8 Å². The molecule has 5 aromatic carbocycles. The van der Waals surface area contributed by atoms with Crippen LogP contribution >= 0.6 is 0 Å². The third kappa shape index (κ3) is 13.7. The summed E-state index contributed by atoms with van der Waals surface area (Å²) in [7, 11) is 0. The third-order valence-corrected chi connectivity index (χ3v) is 11.1. The third-order valence-electron chi connectivity index (χ3n) is 11.1. The summed E-state index contributed by atoms with van der Waals surface area (Å²) >= 11 is 0. The lowest BCUT2D eigenvalue weighted by atomic mass is 9.12. The fourth-order valence-corrected chi connectivity index (χ4v) is 7.81. The highest BCUT2D eigenvalue weighted by molar-refractivity contribution is 7.20. The fourth-order valence-electron chi connectivity index (χ4n) is 7.81. The number of rotatable bonds is 7. The summed E-state index contributed by atoms with van der Waals surface area (Å²) in [5.41, 5.74) is -30.6. The second-order valence-electron chi connectivity index (χ2n) is 16.2. The number of halogens is 27. The van der Waals surface area contributed by atoms with Gasteiger partial charge >= 0.3 is 55.6 Å². The van der Waals surface area contributed by atoms with Crippen LogP contribution in [-0.2, 0) is 62.1 Å². The van der Waals surface area contributed by atoms with Crippen molar-refractivity contribution in [2.24, 2.45) is 0 Å². The SMILES string of the molecule is FC(F)(F)c1cc([B-](c2cc(C(F)(F)F)cc(C(F)(F)F)c2)(c2cc(C(F)(F)F)cc(C(F)(F)F)c2)c2cc(C(F)(F)F)cc(C(F)(F)F)c2)cc(C(F)(F)F)c1.O=C(C[n+]1ccccc1C(F)(F)F)c1ccccc1. The van der Waals surface area contributed by atoms with Crippen molar-refractivity contribution in [2.45, 2.75) is 62.1 Å². The van der Waals surface area contributed by atoms with Gasteiger partial charge in [-0.05, 0) is 30.3 Å². The number of carbonyl (C=O) groups excluding carboxylic acids is 1. The first-order valence-electron chi connectivity index (χ1n) is 20.2. The van der Waals surface area contributed by atoms with E-state index in [1.54, 1.807) is 30.3 Å². The second-order valence-corrected chi connectivity index (χ2v) is 16.2. The van der Waals surface area contributed by atoms with Crippen molar-refractivity contribution in [3.05, 3.63) is 183 Å². The summed E-state index contributed by atoms with van der Waals surface area (Å²) in [6.45, 7) is -0.334. The van der Waals surface area contributed by atoms with E-state index in [0.29, 0.717) is 5.56 Å². The van der Waals surface area contributed by atoms with Crippen LogP contribution in [0, 0.1) is 0 Å². The van der Waals surface area contributed by atoms with Crippen molar-refractivity contribution in [2.75, 3.05) is 0 Å². The number of benzene rings is 5. The van der Waals surface area contributed by atoms with E-state index in [1.165, 1.54) is 18.3 Å². The molecule has 0 saturated carbocycles. The molecule has 0 fully saturated rings. The Bertz CT molecular complexity index is 2620. The molecule has 0 N–H and O–H groups in total. The van der Waals surface area contributed by atoms with E-state index >= 15 is 0 Å². The minimum Gasteiger partial charge on any atom is -0.287 e. The zero-order chi connectivity index (χ0) is 57.8. The first kappa shape index (κ1) is 60.0. The quantitative estimate of drug-likeness (QED) is 0.0675. The van der Waals surface area contributed by atoms with Crippen molar-refractivity contribution < 1.29 is 128 Å². The molecular formula is C46H23BF27NO. The van der Waals surface area contributed by atoms with E-state index < -0.39 is 207 Å². The van der Waals surface area contributed by atoms with E-state index in [0.717, 1.165) is 10.6 Å². The molecule has 410 valence electrons. The van der Waals surface area contributed by atoms with Crippen LogP contribution in [0.25, 0.3) is 0 Å². The Morgan fingerprint density at radius 1 is 0.316 bits per heavy atom. The molecule has 6 rings (SSSR count). The van der Waals surface area contributed by atoms with Crippen LogP contribution in [0.1, 0.15) is 60.6 Å². The Morgan fingerprint density at radius 2 is 0.553 bits per heavy atom. The van der Waals surface area contributed by atoms with Gasteiger partial charge in [-0.1, -0.05) is 78.9 Å². The smallest absolute Gasteiger partial charge is 0.287 e. The molecule has 0 radical (unpaired) electrons. The Hall–Kier alpha value is -6.91. The van der Waals surface area contributed by atoms with Crippen LogP contribution in [0.2, 0.25) is 0 Å². The van der Waals surface area contributed by atoms with Gasteiger partial charge in [-0.2, -0.15) is 145 Å². The Morgan fingerprint density at radius 3 is 0.776 bits per heavy atom. The summed E-state index contributed by atoms with van der Waals surface area (Å²) < 4.78 is 380. The van der Waals surface area contributed by atoms with E-state index in [2.05, 4.69) is 0 Å². The van der Waals surface area contributed by atoms with Crippen LogP contribution in [-0.4, -0.2) is 11.9 Å². The van der Waals surface area contributed by atoms with Gasteiger partial charge in [0.2, 0.25) is 12.3 Å². The number of carbonyl (C=O) groups is 1. The molecular weight excluding hydrogens is 1110 g/mol. The molecule has 0 aliphatic rings. The van der Waals surface area contributed by atoms with Crippen molar-refractivity contribution in [3.63, 3.8) is 0 Å². The number of pyridine rings is 1. The molecule has 0 spiro atoms. The van der Waals surface area contributed by atoms with Gasteiger partial charge in [0.15, 0.2) is 6.20 Å². The van der Waals surface area contributed by atoms with E-state index in [9.17, 15) is 123 Å². The molecule has 1 aromatic heterocycles. The van der Waals surface area contributed by atoms with Crippen molar-refractivity contribution in [3.8, 4) is 0 Å². The van der Waals surface area contributed by atoms with Gasteiger partial charge in [0, 0.05) is 17.7 Å². The first-order valence-corrected chi connectivity index (χ1v) is 20.2. The lowest BCUT2D eigenvalue weighted by molar-refractivity contribution is -0.702. The Labute approximate surface area is 406 Å². The lowest BCUT2D eigenvalue weighted by Gasteiger charge is -2.46. The number of nitrogens with zero attached hydrogens (tertiary/aromatic N) is 1. The lowest BCUT2D eigenvalue weighted by Crippen LogP contribution is -2.75. The highest BCUT2D eigenvalue weighted by atomic mass is 19.4. The molecule has 0 aliphatic carbocycles. The normalized spacial score (nSPS) is 13.6. The highest BCUT2D eigenvalue weighted by Gasteiger charge is 2.47. The predicted octanol–water partition coefficient (Wildman–Crippen LogP) is 14.1. The average Bonchev–Trinajstić information content (AvgIpc) is 3.27. The minimum absolute atomic E-state index is 0.334. The number of alkyl halides is 27. The standard InChI is InChI=1S/C32H12BF24.C14H11F3NO/c34-25(35,36)13-1-14(26(37,38)39)6-21(5-13)33(22-7-15(27(40,41)42)2-16(8-22)28(43,44)45,23-9-17(29(46,47)48)3-18(10-23)30(49,50)51)24-11-19(31(52,53)54)4-20(12-24)32(55,56)57;15-14(16,17)13-8-4-5-9-18(13)10-12(19)11-6-2-1-3-7-11/h1-12H;1-9H,10H2/q-1;+1. The van der Waals surface area contributed by atoms with Crippen LogP contribution in [0.3, 0.4) is 0 Å².